The molecule has 0 aliphatic heterocycles. The van der Waals surface area contributed by atoms with Crippen LogP contribution in [0.3, 0.4) is 0 Å². The van der Waals surface area contributed by atoms with Crippen molar-refractivity contribution in [3.63, 3.8) is 0 Å². The molecule has 0 radical (unpaired) electrons. The van der Waals surface area contributed by atoms with Crippen LogP contribution in [0.4, 0.5) is 4.39 Å². The van der Waals surface area contributed by atoms with Gasteiger partial charge in [-0.15, -0.1) is 11.3 Å². The number of rotatable bonds is 3. The molecule has 6 heteroatoms. The normalized spacial score (nSPS) is 10.9. The first kappa shape index (κ1) is 12.8. The summed E-state index contributed by atoms with van der Waals surface area (Å²) in [5, 5.41) is 1.82. The highest BCUT2D eigenvalue weighted by molar-refractivity contribution is 7.17. The van der Waals surface area contributed by atoms with Crippen LogP contribution in [-0.4, -0.2) is 9.97 Å². The number of ether oxygens (including phenoxy) is 1. The molecule has 0 saturated carbocycles. The first-order valence-electron chi connectivity index (χ1n) is 5.99. The van der Waals surface area contributed by atoms with E-state index in [-0.39, 0.29) is 18.0 Å². The quantitative estimate of drug-likeness (QED) is 0.806. The number of nitrogens with one attached hydrogen (secondary N) is 1. The lowest BCUT2D eigenvalue weighted by molar-refractivity contribution is 0.293. The lowest BCUT2D eigenvalue weighted by Crippen LogP contribution is -2.12. The number of nitrogens with zero attached hydrogens (tertiary/aromatic N) is 1. The van der Waals surface area contributed by atoms with Crippen molar-refractivity contribution in [1.82, 2.24) is 9.97 Å². The van der Waals surface area contributed by atoms with Crippen LogP contribution >= 0.6 is 11.3 Å². The van der Waals surface area contributed by atoms with Gasteiger partial charge in [-0.1, -0.05) is 0 Å². The first-order chi connectivity index (χ1) is 9.63. The second-order valence-electron chi connectivity index (χ2n) is 4.35. The highest BCUT2D eigenvalue weighted by Gasteiger charge is 2.07. The van der Waals surface area contributed by atoms with E-state index >= 15 is 0 Å². The van der Waals surface area contributed by atoms with Gasteiger partial charge in [0, 0.05) is 0 Å². The van der Waals surface area contributed by atoms with Gasteiger partial charge in [0.2, 0.25) is 0 Å². The van der Waals surface area contributed by atoms with E-state index in [1.807, 2.05) is 5.38 Å². The zero-order valence-corrected chi connectivity index (χ0v) is 11.5. The molecular weight excluding hydrogens is 279 g/mol. The van der Waals surface area contributed by atoms with Crippen molar-refractivity contribution in [3.8, 4) is 5.75 Å². The minimum Gasteiger partial charge on any atom is -0.485 e. The van der Waals surface area contributed by atoms with Gasteiger partial charge in [-0.25, -0.2) is 9.37 Å². The van der Waals surface area contributed by atoms with Crippen molar-refractivity contribution in [3.05, 3.63) is 57.2 Å². The highest BCUT2D eigenvalue weighted by atomic mass is 32.1. The molecule has 0 spiro atoms. The number of thiophene rings is 1. The molecule has 0 fully saturated rings. The summed E-state index contributed by atoms with van der Waals surface area (Å²) in [6.07, 6.45) is 0. The molecule has 0 aliphatic carbocycles. The Balaban J connectivity index is 1.84. The lowest BCUT2D eigenvalue weighted by Gasteiger charge is -2.08. The summed E-state index contributed by atoms with van der Waals surface area (Å²) < 4.78 is 19.2. The molecule has 4 nitrogen and oxygen atoms in total. The van der Waals surface area contributed by atoms with Crippen LogP contribution in [0, 0.1) is 12.7 Å². The fraction of sp³-hybridized carbons (Fsp3) is 0.143. The molecule has 0 unspecified atom stereocenters. The predicted molar refractivity (Wildman–Crippen MR) is 75.7 cm³/mol. The summed E-state index contributed by atoms with van der Waals surface area (Å²) in [5.41, 5.74) is 1.19. The second-order valence-corrected chi connectivity index (χ2v) is 5.26. The Kier molecular flexibility index (Phi) is 3.23. The molecule has 1 N–H and O–H groups in total. The molecule has 0 saturated heterocycles. The predicted octanol–water partition coefficient (Wildman–Crippen LogP) is 3.01. The minimum atomic E-state index is -0.305. The van der Waals surface area contributed by atoms with Crippen LogP contribution in [0.25, 0.3) is 10.2 Å². The number of aromatic amines is 1. The molecule has 3 aromatic rings. The van der Waals surface area contributed by atoms with E-state index in [1.54, 1.807) is 19.1 Å². The molecule has 3 rings (SSSR count). The summed E-state index contributed by atoms with van der Waals surface area (Å²) >= 11 is 1.35. The standard InChI is InChI=1S/C14H11FN2O2S/c1-8-6-9(15)2-3-11(8)19-7-12-16-10-4-5-20-13(10)14(18)17-12/h2-6H,7H2,1H3,(H,16,17,18). The highest BCUT2D eigenvalue weighted by Crippen LogP contribution is 2.19. The third-order valence-electron chi connectivity index (χ3n) is 2.87. The number of aryl methyl sites for hydroxylation is 1. The molecule has 0 bridgehead atoms. The van der Waals surface area contributed by atoms with Gasteiger partial charge in [-0.2, -0.15) is 0 Å². The Labute approximate surface area is 117 Å². The van der Waals surface area contributed by atoms with E-state index < -0.39 is 0 Å². The van der Waals surface area contributed by atoms with Crippen molar-refractivity contribution in [2.45, 2.75) is 13.5 Å². The summed E-state index contributed by atoms with van der Waals surface area (Å²) in [4.78, 5) is 18.8. The topological polar surface area (TPSA) is 55.0 Å². The van der Waals surface area contributed by atoms with Crippen LogP contribution in [-0.2, 0) is 6.61 Å². The summed E-state index contributed by atoms with van der Waals surface area (Å²) in [6, 6.07) is 6.09. The van der Waals surface area contributed by atoms with Crippen LogP contribution in [0.5, 0.6) is 5.75 Å². The third kappa shape index (κ3) is 2.42. The van der Waals surface area contributed by atoms with E-state index in [0.717, 1.165) is 0 Å². The Morgan fingerprint density at radius 1 is 1.40 bits per heavy atom. The molecule has 1 aromatic carbocycles. The number of benzene rings is 1. The first-order valence-corrected chi connectivity index (χ1v) is 6.87. The van der Waals surface area contributed by atoms with Gasteiger partial charge in [0.05, 0.1) is 5.52 Å². The molecule has 102 valence electrons. The Bertz CT molecular complexity index is 825. The third-order valence-corrected chi connectivity index (χ3v) is 3.77. The molecule has 20 heavy (non-hydrogen) atoms. The zero-order chi connectivity index (χ0) is 14.1. The maximum Gasteiger partial charge on any atom is 0.268 e. The maximum absolute atomic E-state index is 13.0. The number of hydrogen-bond donors (Lipinski definition) is 1. The van der Waals surface area contributed by atoms with Crippen molar-refractivity contribution in [2.75, 3.05) is 0 Å². The molecule has 2 heterocycles. The van der Waals surface area contributed by atoms with E-state index in [1.165, 1.54) is 23.5 Å². The van der Waals surface area contributed by atoms with Crippen LogP contribution in [0.1, 0.15) is 11.4 Å². The molecule has 0 amide bonds. The van der Waals surface area contributed by atoms with E-state index in [9.17, 15) is 9.18 Å². The largest absolute Gasteiger partial charge is 0.485 e. The summed E-state index contributed by atoms with van der Waals surface area (Å²) in [5.74, 6) is 0.713. The number of H-pyrrole nitrogens is 1. The van der Waals surface area contributed by atoms with E-state index in [2.05, 4.69) is 9.97 Å². The molecular formula is C14H11FN2O2S. The number of fused-ring (bicyclic) bond motifs is 1. The van der Waals surface area contributed by atoms with Crippen LogP contribution in [0.15, 0.2) is 34.4 Å². The Morgan fingerprint density at radius 3 is 3.05 bits per heavy atom. The average molecular weight is 290 g/mol. The SMILES string of the molecule is Cc1cc(F)ccc1OCc1nc2ccsc2c(=O)[nH]1. The van der Waals surface area contributed by atoms with Crippen LogP contribution in [0.2, 0.25) is 0 Å². The number of aromatic nitrogens is 2. The fourth-order valence-electron chi connectivity index (χ4n) is 1.91. The van der Waals surface area contributed by atoms with E-state index in [4.69, 9.17) is 4.74 Å². The zero-order valence-electron chi connectivity index (χ0n) is 10.6. The maximum atomic E-state index is 13.0. The van der Waals surface area contributed by atoms with Gasteiger partial charge in [0.25, 0.3) is 5.56 Å². The Morgan fingerprint density at radius 2 is 2.25 bits per heavy atom. The van der Waals surface area contributed by atoms with Gasteiger partial charge >= 0.3 is 0 Å². The smallest absolute Gasteiger partial charge is 0.268 e. The van der Waals surface area contributed by atoms with Gasteiger partial charge in [-0.3, -0.25) is 4.79 Å². The van der Waals surface area contributed by atoms with Gasteiger partial charge < -0.3 is 9.72 Å². The lowest BCUT2D eigenvalue weighted by atomic mass is 10.2. The average Bonchev–Trinajstić information content (AvgIpc) is 2.86. The second kappa shape index (κ2) is 5.05. The van der Waals surface area contributed by atoms with Crippen molar-refractivity contribution in [1.29, 1.82) is 0 Å². The monoisotopic (exact) mass is 290 g/mol. The number of hydrogen-bond acceptors (Lipinski definition) is 4. The summed E-state index contributed by atoms with van der Waals surface area (Å²) in [7, 11) is 0. The van der Waals surface area contributed by atoms with Gasteiger partial charge in [0.1, 0.15) is 28.7 Å². The van der Waals surface area contributed by atoms with Gasteiger partial charge in [0.15, 0.2) is 0 Å². The fourth-order valence-corrected chi connectivity index (χ4v) is 2.64. The Hall–Kier alpha value is -2.21. The minimum absolute atomic E-state index is 0.132. The van der Waals surface area contributed by atoms with Crippen molar-refractivity contribution < 1.29 is 9.13 Å². The van der Waals surface area contributed by atoms with E-state index in [0.29, 0.717) is 27.4 Å². The molecule has 2 aromatic heterocycles. The van der Waals surface area contributed by atoms with Crippen LogP contribution < -0.4 is 10.3 Å². The summed E-state index contributed by atoms with van der Waals surface area (Å²) in [6.45, 7) is 1.89. The van der Waals surface area contributed by atoms with Crippen molar-refractivity contribution >= 4 is 21.6 Å². The molecule has 0 aliphatic rings. The number of halogens is 1. The van der Waals surface area contributed by atoms with Crippen molar-refractivity contribution in [2.24, 2.45) is 0 Å². The molecule has 0 atom stereocenters. The van der Waals surface area contributed by atoms with Gasteiger partial charge in [-0.05, 0) is 42.1 Å².